The summed E-state index contributed by atoms with van der Waals surface area (Å²) in [6.45, 7) is 0. The van der Waals surface area contributed by atoms with Crippen molar-refractivity contribution in [2.45, 2.75) is 0 Å². The topological polar surface area (TPSA) is 94.8 Å². The number of nitrogens with one attached hydrogen (secondary N) is 3. The van der Waals surface area contributed by atoms with E-state index in [1.807, 2.05) is 6.26 Å². The van der Waals surface area contributed by atoms with Crippen LogP contribution in [0.15, 0.2) is 17.1 Å². The third kappa shape index (κ3) is 1.42. The molecule has 0 radical (unpaired) electrons. The van der Waals surface area contributed by atoms with Crippen molar-refractivity contribution in [3.05, 3.63) is 22.1 Å². The SMILES string of the molecule is C[SH]=C1NC2=NNC([N+](=O)[O-])=CN2N1. The van der Waals surface area contributed by atoms with Gasteiger partial charge in [-0.25, -0.2) is 5.01 Å². The van der Waals surface area contributed by atoms with E-state index in [0.717, 1.165) is 16.5 Å². The largest absolute Gasteiger partial charge is 0.359 e. The van der Waals surface area contributed by atoms with Crippen LogP contribution in [0.25, 0.3) is 0 Å². The number of hydrogen-bond acceptors (Lipinski definition) is 5. The average Bonchev–Trinajstić information content (AvgIpc) is 2.58. The second-order valence-corrected chi connectivity index (χ2v) is 3.39. The van der Waals surface area contributed by atoms with Crippen LogP contribution in [0.2, 0.25) is 0 Å². The minimum absolute atomic E-state index is 0.169. The smallest absolute Gasteiger partial charge is 0.358 e. The van der Waals surface area contributed by atoms with Gasteiger partial charge in [-0.1, -0.05) is 0 Å². The van der Waals surface area contributed by atoms with E-state index in [-0.39, 0.29) is 5.82 Å². The highest BCUT2D eigenvalue weighted by atomic mass is 32.1. The Morgan fingerprint density at radius 2 is 2.50 bits per heavy atom. The van der Waals surface area contributed by atoms with E-state index >= 15 is 0 Å². The highest BCUT2D eigenvalue weighted by Gasteiger charge is 2.28. The summed E-state index contributed by atoms with van der Waals surface area (Å²) in [5.41, 5.74) is 5.23. The molecule has 2 rings (SSSR count). The average molecular weight is 216 g/mol. The molecule has 2 aliphatic rings. The predicted molar refractivity (Wildman–Crippen MR) is 53.7 cm³/mol. The van der Waals surface area contributed by atoms with Crippen molar-refractivity contribution in [1.82, 2.24) is 21.2 Å². The van der Waals surface area contributed by atoms with E-state index in [9.17, 15) is 10.1 Å². The van der Waals surface area contributed by atoms with Crippen LogP contribution in [0.1, 0.15) is 0 Å². The van der Waals surface area contributed by atoms with E-state index in [4.69, 9.17) is 0 Å². The van der Waals surface area contributed by atoms with Crippen molar-refractivity contribution in [2.75, 3.05) is 6.26 Å². The standard InChI is InChI=1S/C5H8N6O2S/c1-14-5-6-4-8-7-3(11(12)13)2-10(4)9-5/h2,7,9,14H,1H3,(H,6,8). The molecule has 1 fully saturated rings. The quantitative estimate of drug-likeness (QED) is 0.185. The first-order valence-corrected chi connectivity index (χ1v) is 5.04. The highest BCUT2D eigenvalue weighted by molar-refractivity contribution is 7.98. The van der Waals surface area contributed by atoms with Gasteiger partial charge in [0, 0.05) is 0 Å². The van der Waals surface area contributed by atoms with Crippen molar-refractivity contribution in [3.8, 4) is 0 Å². The van der Waals surface area contributed by atoms with E-state index in [1.165, 1.54) is 11.2 Å². The maximum Gasteiger partial charge on any atom is 0.359 e. The molecule has 0 aromatic carbocycles. The molecule has 0 aromatic rings. The summed E-state index contributed by atoms with van der Waals surface area (Å²) in [5.74, 6) is 0.331. The number of thiol groups is 1. The first-order valence-electron chi connectivity index (χ1n) is 3.70. The molecule has 2 aliphatic heterocycles. The summed E-state index contributed by atoms with van der Waals surface area (Å²) in [7, 11) is 0. The third-order valence-electron chi connectivity index (χ3n) is 1.63. The van der Waals surface area contributed by atoms with Crippen molar-refractivity contribution < 1.29 is 4.92 Å². The molecule has 9 heteroatoms. The summed E-state index contributed by atoms with van der Waals surface area (Å²) in [6.07, 6.45) is 3.26. The van der Waals surface area contributed by atoms with Gasteiger partial charge in [0.05, 0.1) is 0 Å². The van der Waals surface area contributed by atoms with Crippen LogP contribution >= 0.6 is 11.4 Å². The number of hydrazone groups is 1. The molecular weight excluding hydrogens is 208 g/mol. The van der Waals surface area contributed by atoms with Crippen LogP contribution < -0.4 is 16.2 Å². The molecule has 0 unspecified atom stereocenters. The zero-order valence-electron chi connectivity index (χ0n) is 7.18. The molecule has 0 saturated carbocycles. The number of fused-ring (bicyclic) bond motifs is 1. The zero-order chi connectivity index (χ0) is 10.1. The van der Waals surface area contributed by atoms with E-state index in [0.29, 0.717) is 5.96 Å². The Balaban J connectivity index is 2.21. The number of hydrogen-bond donors (Lipinski definition) is 4. The Hall–Kier alpha value is -1.61. The number of nitro groups is 1. The lowest BCUT2D eigenvalue weighted by Crippen LogP contribution is -2.38. The molecule has 14 heavy (non-hydrogen) atoms. The fourth-order valence-electron chi connectivity index (χ4n) is 0.992. The summed E-state index contributed by atoms with van der Waals surface area (Å²) < 4.78 is 0. The molecule has 0 bridgehead atoms. The third-order valence-corrected chi connectivity index (χ3v) is 2.29. The van der Waals surface area contributed by atoms with Crippen LogP contribution in [-0.2, 0) is 0 Å². The predicted octanol–water partition coefficient (Wildman–Crippen LogP) is -1.47. The summed E-state index contributed by atoms with van der Waals surface area (Å²) in [6, 6.07) is 0. The van der Waals surface area contributed by atoms with Gasteiger partial charge >= 0.3 is 5.82 Å². The number of guanidine groups is 1. The number of rotatable bonds is 1. The van der Waals surface area contributed by atoms with Crippen molar-refractivity contribution >= 4 is 22.4 Å². The maximum absolute atomic E-state index is 10.4. The normalized spacial score (nSPS) is 22.6. The van der Waals surface area contributed by atoms with Gasteiger partial charge < -0.3 is 15.4 Å². The fraction of sp³-hybridized carbons (Fsp3) is 0.200. The Morgan fingerprint density at radius 1 is 1.71 bits per heavy atom. The molecule has 0 aliphatic carbocycles. The Labute approximate surface area is 82.7 Å². The maximum atomic E-state index is 10.4. The number of nitrogens with zero attached hydrogens (tertiary/aromatic N) is 3. The molecular formula is C5H8N6O2S. The van der Waals surface area contributed by atoms with Crippen LogP contribution in [0, 0.1) is 10.1 Å². The molecule has 0 atom stereocenters. The molecule has 3 N–H and O–H groups in total. The molecule has 2 heterocycles. The lowest BCUT2D eigenvalue weighted by molar-refractivity contribution is -0.433. The lowest BCUT2D eigenvalue weighted by atomic mass is 10.7. The van der Waals surface area contributed by atoms with Crippen LogP contribution in [0.5, 0.6) is 0 Å². The summed E-state index contributed by atoms with van der Waals surface area (Å²) in [5, 5.41) is 19.4. The van der Waals surface area contributed by atoms with Crippen LogP contribution in [-0.4, -0.2) is 27.3 Å². The molecule has 76 valence electrons. The minimum atomic E-state index is -0.538. The van der Waals surface area contributed by atoms with Gasteiger partial charge in [-0.3, -0.25) is 0 Å². The van der Waals surface area contributed by atoms with Crippen LogP contribution in [0.3, 0.4) is 0 Å². The first-order chi connectivity index (χ1) is 6.70. The monoisotopic (exact) mass is 216 g/mol. The Kier molecular flexibility index (Phi) is 2.09. The van der Waals surface area contributed by atoms with Crippen molar-refractivity contribution in [3.63, 3.8) is 0 Å². The lowest BCUT2D eigenvalue weighted by Gasteiger charge is -2.13. The van der Waals surface area contributed by atoms with Crippen molar-refractivity contribution in [1.29, 1.82) is 0 Å². The molecule has 0 spiro atoms. The molecule has 1 saturated heterocycles. The molecule has 0 aromatic heterocycles. The van der Waals surface area contributed by atoms with Gasteiger partial charge in [0.15, 0.2) is 0 Å². The molecule has 8 nitrogen and oxygen atoms in total. The van der Waals surface area contributed by atoms with Crippen LogP contribution in [0.4, 0.5) is 0 Å². The number of hydrazine groups is 1. The highest BCUT2D eigenvalue weighted by Crippen LogP contribution is 2.05. The van der Waals surface area contributed by atoms with Gasteiger partial charge in [-0.05, 0) is 16.3 Å². The van der Waals surface area contributed by atoms with E-state index in [1.54, 1.807) is 0 Å². The van der Waals surface area contributed by atoms with E-state index < -0.39 is 4.92 Å². The van der Waals surface area contributed by atoms with Gasteiger partial charge in [0.2, 0.25) is 0 Å². The first kappa shape index (κ1) is 8.97. The second kappa shape index (κ2) is 3.27. The van der Waals surface area contributed by atoms with Gasteiger partial charge in [-0.2, -0.15) is 16.8 Å². The van der Waals surface area contributed by atoms with Crippen molar-refractivity contribution in [2.24, 2.45) is 5.10 Å². The van der Waals surface area contributed by atoms with E-state index in [2.05, 4.69) is 21.3 Å². The fourth-order valence-corrected chi connectivity index (χ4v) is 1.41. The van der Waals surface area contributed by atoms with Gasteiger partial charge in [-0.15, -0.1) is 5.43 Å². The Bertz CT molecular complexity index is 374. The summed E-state index contributed by atoms with van der Waals surface area (Å²) in [4.78, 5) is 9.88. The summed E-state index contributed by atoms with van der Waals surface area (Å²) >= 11 is 1.00. The van der Waals surface area contributed by atoms with Gasteiger partial charge in [0.1, 0.15) is 11.3 Å². The van der Waals surface area contributed by atoms with Gasteiger partial charge in [0.25, 0.3) is 5.96 Å². The molecule has 0 amide bonds. The zero-order valence-corrected chi connectivity index (χ0v) is 8.08. The minimum Gasteiger partial charge on any atom is -0.358 e. The second-order valence-electron chi connectivity index (χ2n) is 2.50. The Morgan fingerprint density at radius 3 is 3.14 bits per heavy atom.